The number of nitrogens with zero attached hydrogens (tertiary/aromatic N) is 3. The highest BCUT2D eigenvalue weighted by Crippen LogP contribution is 2.29. The van der Waals surface area contributed by atoms with Crippen molar-refractivity contribution in [2.45, 2.75) is 52.2 Å². The number of likely N-dealkylation sites (tertiary alicyclic amines) is 1. The van der Waals surface area contributed by atoms with Gasteiger partial charge >= 0.3 is 0 Å². The van der Waals surface area contributed by atoms with Gasteiger partial charge < -0.3 is 15.4 Å². The van der Waals surface area contributed by atoms with Crippen molar-refractivity contribution in [2.24, 2.45) is 16.8 Å². The number of nitrogens with one attached hydrogen (secondary N) is 2. The summed E-state index contributed by atoms with van der Waals surface area (Å²) >= 11 is 0. The molecule has 0 radical (unpaired) electrons. The highest BCUT2D eigenvalue weighted by atomic mass is 127. The van der Waals surface area contributed by atoms with Crippen molar-refractivity contribution >= 4 is 29.9 Å². The maximum absolute atomic E-state index is 5.77. The van der Waals surface area contributed by atoms with Crippen molar-refractivity contribution in [3.63, 3.8) is 0 Å². The summed E-state index contributed by atoms with van der Waals surface area (Å²) in [7, 11) is 1.83. The molecule has 27 heavy (non-hydrogen) atoms. The van der Waals surface area contributed by atoms with Crippen LogP contribution in [-0.4, -0.2) is 54.7 Å². The smallest absolute Gasteiger partial charge is 0.213 e. The van der Waals surface area contributed by atoms with E-state index in [0.29, 0.717) is 24.5 Å². The van der Waals surface area contributed by atoms with Gasteiger partial charge in [0.1, 0.15) is 0 Å². The average molecular weight is 487 g/mol. The van der Waals surface area contributed by atoms with Gasteiger partial charge in [0.05, 0.1) is 6.61 Å². The fourth-order valence-corrected chi connectivity index (χ4v) is 3.30. The van der Waals surface area contributed by atoms with Crippen LogP contribution in [-0.2, 0) is 6.54 Å². The molecule has 2 unspecified atom stereocenters. The summed E-state index contributed by atoms with van der Waals surface area (Å²) in [5.74, 6) is 2.92. The van der Waals surface area contributed by atoms with Gasteiger partial charge in [0.15, 0.2) is 5.96 Å². The van der Waals surface area contributed by atoms with Crippen LogP contribution in [0.5, 0.6) is 5.88 Å². The maximum atomic E-state index is 5.77. The molecule has 1 aliphatic heterocycles. The van der Waals surface area contributed by atoms with Crippen LogP contribution < -0.4 is 15.4 Å². The number of ether oxygens (including phenoxy) is 1. The number of rotatable bonds is 7. The van der Waals surface area contributed by atoms with Gasteiger partial charge in [-0.3, -0.25) is 9.89 Å². The molecule has 1 aromatic rings. The second-order valence-electron chi connectivity index (χ2n) is 7.96. The standard InChI is InChI=1S/C20H33N5O.HI/c1-14(2)25-11-15(3)18(12-25)24-20(21-4)23-10-17-7-8-22-19(9-17)26-13-16-5-6-16;/h7-9,14-16,18H,5-6,10-13H2,1-4H3,(H2,21,23,24);1H. The summed E-state index contributed by atoms with van der Waals surface area (Å²) in [6.07, 6.45) is 4.39. The van der Waals surface area contributed by atoms with Crippen molar-refractivity contribution in [1.82, 2.24) is 20.5 Å². The molecule has 2 heterocycles. The molecule has 1 saturated carbocycles. The minimum absolute atomic E-state index is 0. The Hall–Kier alpha value is -1.09. The van der Waals surface area contributed by atoms with Gasteiger partial charge in [0.2, 0.25) is 5.88 Å². The van der Waals surface area contributed by atoms with Gasteiger partial charge in [-0.1, -0.05) is 6.92 Å². The van der Waals surface area contributed by atoms with E-state index in [2.05, 4.69) is 46.3 Å². The molecule has 2 aliphatic rings. The molecular formula is C20H34IN5O. The van der Waals surface area contributed by atoms with E-state index in [9.17, 15) is 0 Å². The van der Waals surface area contributed by atoms with Crippen LogP contribution in [0.15, 0.2) is 23.3 Å². The zero-order valence-electron chi connectivity index (χ0n) is 16.9. The Kier molecular flexibility index (Phi) is 8.60. The lowest BCUT2D eigenvalue weighted by Gasteiger charge is -2.22. The minimum Gasteiger partial charge on any atom is -0.477 e. The summed E-state index contributed by atoms with van der Waals surface area (Å²) in [6, 6.07) is 5.05. The summed E-state index contributed by atoms with van der Waals surface area (Å²) in [5.41, 5.74) is 1.15. The Morgan fingerprint density at radius 2 is 2.15 bits per heavy atom. The maximum Gasteiger partial charge on any atom is 0.213 e. The van der Waals surface area contributed by atoms with Crippen LogP contribution in [0.4, 0.5) is 0 Å². The van der Waals surface area contributed by atoms with Gasteiger partial charge in [-0.15, -0.1) is 24.0 Å². The molecular weight excluding hydrogens is 453 g/mol. The van der Waals surface area contributed by atoms with Crippen LogP contribution in [0.1, 0.15) is 39.2 Å². The molecule has 0 aromatic carbocycles. The van der Waals surface area contributed by atoms with Crippen LogP contribution in [0.3, 0.4) is 0 Å². The second kappa shape index (κ2) is 10.5. The number of hydrogen-bond donors (Lipinski definition) is 2. The zero-order chi connectivity index (χ0) is 18.5. The van der Waals surface area contributed by atoms with E-state index in [1.807, 2.05) is 25.4 Å². The Balaban J connectivity index is 0.00000261. The van der Waals surface area contributed by atoms with Gasteiger partial charge in [0, 0.05) is 51.0 Å². The first-order chi connectivity index (χ1) is 12.5. The lowest BCUT2D eigenvalue weighted by molar-refractivity contribution is 0.265. The topological polar surface area (TPSA) is 61.8 Å². The monoisotopic (exact) mass is 487 g/mol. The summed E-state index contributed by atoms with van der Waals surface area (Å²) in [6.45, 7) is 10.5. The Labute approximate surface area is 180 Å². The van der Waals surface area contributed by atoms with Crippen molar-refractivity contribution in [3.8, 4) is 5.88 Å². The van der Waals surface area contributed by atoms with E-state index >= 15 is 0 Å². The largest absolute Gasteiger partial charge is 0.477 e. The SMILES string of the molecule is CN=C(NCc1ccnc(OCC2CC2)c1)NC1CN(C(C)C)CC1C.I. The third-order valence-electron chi connectivity index (χ3n) is 5.34. The predicted octanol–water partition coefficient (Wildman–Crippen LogP) is 2.88. The molecule has 7 heteroatoms. The van der Waals surface area contributed by atoms with Crippen LogP contribution >= 0.6 is 24.0 Å². The van der Waals surface area contributed by atoms with E-state index in [1.54, 1.807) is 0 Å². The molecule has 152 valence electrons. The number of aromatic nitrogens is 1. The molecule has 6 nitrogen and oxygen atoms in total. The zero-order valence-corrected chi connectivity index (χ0v) is 19.3. The lowest BCUT2D eigenvalue weighted by Crippen LogP contribution is -2.46. The third-order valence-corrected chi connectivity index (χ3v) is 5.34. The Morgan fingerprint density at radius 1 is 1.37 bits per heavy atom. The quantitative estimate of drug-likeness (QED) is 0.352. The van der Waals surface area contributed by atoms with Crippen molar-refractivity contribution in [3.05, 3.63) is 23.9 Å². The van der Waals surface area contributed by atoms with E-state index in [-0.39, 0.29) is 24.0 Å². The molecule has 0 bridgehead atoms. The van der Waals surface area contributed by atoms with Crippen molar-refractivity contribution < 1.29 is 4.74 Å². The summed E-state index contributed by atoms with van der Waals surface area (Å²) in [4.78, 5) is 11.2. The molecule has 2 N–H and O–H groups in total. The molecule has 0 spiro atoms. The average Bonchev–Trinajstić information content (AvgIpc) is 3.39. The lowest BCUT2D eigenvalue weighted by atomic mass is 10.1. The predicted molar refractivity (Wildman–Crippen MR) is 121 cm³/mol. The first-order valence-electron chi connectivity index (χ1n) is 9.84. The number of pyridine rings is 1. The van der Waals surface area contributed by atoms with Crippen LogP contribution in [0.25, 0.3) is 0 Å². The van der Waals surface area contributed by atoms with E-state index < -0.39 is 0 Å². The molecule has 3 rings (SSSR count). The molecule has 2 atom stereocenters. The first kappa shape index (κ1) is 22.2. The number of guanidine groups is 1. The summed E-state index contributed by atoms with van der Waals surface area (Å²) in [5, 5.41) is 7.00. The van der Waals surface area contributed by atoms with Crippen molar-refractivity contribution in [2.75, 3.05) is 26.7 Å². The minimum atomic E-state index is 0. The van der Waals surface area contributed by atoms with E-state index in [1.165, 1.54) is 12.8 Å². The number of hydrogen-bond acceptors (Lipinski definition) is 4. The Bertz CT molecular complexity index is 620. The fourth-order valence-electron chi connectivity index (χ4n) is 3.30. The number of aliphatic imine (C=N–C) groups is 1. The number of halogens is 1. The van der Waals surface area contributed by atoms with Gasteiger partial charge in [-0.25, -0.2) is 4.98 Å². The highest BCUT2D eigenvalue weighted by Gasteiger charge is 2.31. The molecule has 1 aliphatic carbocycles. The molecule has 1 saturated heterocycles. The molecule has 1 aromatic heterocycles. The summed E-state index contributed by atoms with van der Waals surface area (Å²) < 4.78 is 5.77. The van der Waals surface area contributed by atoms with Crippen LogP contribution in [0, 0.1) is 11.8 Å². The fraction of sp³-hybridized carbons (Fsp3) is 0.700. The normalized spacial score (nSPS) is 23.2. The first-order valence-corrected chi connectivity index (χ1v) is 9.84. The molecule has 0 amide bonds. The molecule has 2 fully saturated rings. The third kappa shape index (κ3) is 6.78. The van der Waals surface area contributed by atoms with E-state index in [0.717, 1.165) is 43.0 Å². The van der Waals surface area contributed by atoms with Gasteiger partial charge in [0.25, 0.3) is 0 Å². The highest BCUT2D eigenvalue weighted by molar-refractivity contribution is 14.0. The van der Waals surface area contributed by atoms with E-state index in [4.69, 9.17) is 4.74 Å². The second-order valence-corrected chi connectivity index (χ2v) is 7.96. The Morgan fingerprint density at radius 3 is 2.78 bits per heavy atom. The van der Waals surface area contributed by atoms with Gasteiger partial charge in [-0.05, 0) is 50.2 Å². The van der Waals surface area contributed by atoms with Gasteiger partial charge in [-0.2, -0.15) is 0 Å². The van der Waals surface area contributed by atoms with Crippen molar-refractivity contribution in [1.29, 1.82) is 0 Å². The van der Waals surface area contributed by atoms with Crippen LogP contribution in [0.2, 0.25) is 0 Å².